The maximum absolute atomic E-state index is 12.9. The van der Waals surface area contributed by atoms with Crippen LogP contribution in [-0.2, 0) is 6.54 Å². The van der Waals surface area contributed by atoms with E-state index in [1.807, 2.05) is 11.0 Å². The van der Waals surface area contributed by atoms with Crippen molar-refractivity contribution >= 4 is 17.3 Å². The largest absolute Gasteiger partial charge is 0.493 e. The predicted octanol–water partition coefficient (Wildman–Crippen LogP) is 5.21. The molecule has 0 aliphatic rings. The van der Waals surface area contributed by atoms with E-state index in [4.69, 9.17) is 0 Å². The number of carbonyl (C=O) groups is 1. The number of nitriles is 1. The molecule has 1 aromatic carbocycles. The molecule has 8 heteroatoms. The molecule has 1 aromatic heterocycles. The minimum absolute atomic E-state index is 0.00226. The van der Waals surface area contributed by atoms with Crippen LogP contribution in [0.1, 0.15) is 67.9 Å². The van der Waals surface area contributed by atoms with E-state index in [9.17, 15) is 20.0 Å². The van der Waals surface area contributed by atoms with Crippen LogP contribution in [0, 0.1) is 18.3 Å². The van der Waals surface area contributed by atoms with Crippen LogP contribution in [-0.4, -0.2) is 33.6 Å². The first-order valence-electron chi connectivity index (χ1n) is 11.1. The first-order valence-corrected chi connectivity index (χ1v) is 11.1. The molecule has 0 atom stereocenters. The molecule has 0 spiro atoms. The van der Waals surface area contributed by atoms with E-state index in [1.165, 1.54) is 0 Å². The fourth-order valence-electron chi connectivity index (χ4n) is 3.32. The molecule has 1 amide bonds. The van der Waals surface area contributed by atoms with Crippen LogP contribution >= 0.6 is 0 Å². The lowest BCUT2D eigenvalue weighted by atomic mass is 10.1. The number of nitrogens with zero attached hydrogens (tertiary/aromatic N) is 5. The Morgan fingerprint density at radius 3 is 2.19 bits per heavy atom. The molecular weight excluding hydrogens is 406 g/mol. The number of benzene rings is 1. The van der Waals surface area contributed by atoms with Crippen LogP contribution in [0.4, 0.5) is 11.4 Å². The normalized spacial score (nSPS) is 11.0. The van der Waals surface area contributed by atoms with Gasteiger partial charge in [-0.3, -0.25) is 14.2 Å². The summed E-state index contributed by atoms with van der Waals surface area (Å²) in [6.45, 7) is 9.14. The van der Waals surface area contributed by atoms with E-state index in [-0.39, 0.29) is 35.1 Å². The fourth-order valence-corrected chi connectivity index (χ4v) is 3.32. The number of azo groups is 1. The van der Waals surface area contributed by atoms with Crippen LogP contribution < -0.4 is 5.56 Å². The van der Waals surface area contributed by atoms with Crippen LogP contribution in [0.25, 0.3) is 0 Å². The quantitative estimate of drug-likeness (QED) is 0.514. The molecule has 0 saturated heterocycles. The summed E-state index contributed by atoms with van der Waals surface area (Å²) in [7, 11) is 0. The highest BCUT2D eigenvalue weighted by molar-refractivity contribution is 5.94. The second-order valence-electron chi connectivity index (χ2n) is 7.58. The van der Waals surface area contributed by atoms with E-state index >= 15 is 0 Å². The van der Waals surface area contributed by atoms with Crippen molar-refractivity contribution in [2.45, 2.75) is 59.9 Å². The third-order valence-corrected chi connectivity index (χ3v) is 5.31. The monoisotopic (exact) mass is 437 g/mol. The highest BCUT2D eigenvalue weighted by atomic mass is 16.3. The standard InChI is InChI=1S/C24H31N5O3/c1-5-8-14-28(15-9-6-2)22(30)18-10-12-19(13-11-18)26-27-21-17(4)20(16-25)23(31)29(7-3)24(21)32/h10-13,32H,5-9,14-15H2,1-4H3/b27-26+. The number of aromatic hydroxyl groups is 1. The average Bonchev–Trinajstić information content (AvgIpc) is 2.79. The zero-order valence-electron chi connectivity index (χ0n) is 19.3. The molecule has 0 fully saturated rings. The number of aromatic nitrogens is 1. The van der Waals surface area contributed by atoms with Crippen molar-refractivity contribution in [1.82, 2.24) is 9.47 Å². The summed E-state index contributed by atoms with van der Waals surface area (Å²) in [6, 6.07) is 8.66. The maximum atomic E-state index is 12.9. The molecule has 1 heterocycles. The number of rotatable bonds is 10. The number of carbonyl (C=O) groups excluding carboxylic acids is 1. The summed E-state index contributed by atoms with van der Waals surface area (Å²) in [4.78, 5) is 27.0. The van der Waals surface area contributed by atoms with Crippen molar-refractivity contribution in [1.29, 1.82) is 5.26 Å². The Morgan fingerprint density at radius 1 is 1.09 bits per heavy atom. The lowest BCUT2D eigenvalue weighted by Crippen LogP contribution is -2.32. The Bertz CT molecular complexity index is 1060. The van der Waals surface area contributed by atoms with Crippen molar-refractivity contribution in [2.75, 3.05) is 13.1 Å². The molecule has 8 nitrogen and oxygen atoms in total. The van der Waals surface area contributed by atoms with Gasteiger partial charge in [-0.15, -0.1) is 5.11 Å². The maximum Gasteiger partial charge on any atom is 0.271 e. The Balaban J connectivity index is 2.29. The van der Waals surface area contributed by atoms with Gasteiger partial charge < -0.3 is 10.0 Å². The van der Waals surface area contributed by atoms with Crippen LogP contribution in [0.5, 0.6) is 5.88 Å². The highest BCUT2D eigenvalue weighted by Gasteiger charge is 2.18. The number of hydrogen-bond donors (Lipinski definition) is 1. The molecule has 0 aliphatic carbocycles. The minimum Gasteiger partial charge on any atom is -0.493 e. The summed E-state index contributed by atoms with van der Waals surface area (Å²) in [6.07, 6.45) is 3.99. The Hall–Kier alpha value is -3.47. The van der Waals surface area contributed by atoms with Crippen molar-refractivity contribution in [3.8, 4) is 11.9 Å². The van der Waals surface area contributed by atoms with Crippen LogP contribution in [0.2, 0.25) is 0 Å². The summed E-state index contributed by atoms with van der Waals surface area (Å²) in [5.41, 5.74) is 0.802. The van der Waals surface area contributed by atoms with Crippen molar-refractivity contribution in [2.24, 2.45) is 10.2 Å². The lowest BCUT2D eigenvalue weighted by molar-refractivity contribution is 0.0751. The number of amides is 1. The Kier molecular flexibility index (Phi) is 9.14. The van der Waals surface area contributed by atoms with Crippen LogP contribution in [0.15, 0.2) is 39.3 Å². The van der Waals surface area contributed by atoms with E-state index in [0.717, 1.165) is 43.3 Å². The number of hydrogen-bond acceptors (Lipinski definition) is 6. The minimum atomic E-state index is -0.553. The van der Waals surface area contributed by atoms with Gasteiger partial charge in [-0.05, 0) is 51.0 Å². The molecule has 0 aliphatic heterocycles. The van der Waals surface area contributed by atoms with Gasteiger partial charge in [0, 0.05) is 30.8 Å². The van der Waals surface area contributed by atoms with Gasteiger partial charge in [-0.25, -0.2) is 0 Å². The van der Waals surface area contributed by atoms with Gasteiger partial charge >= 0.3 is 0 Å². The van der Waals surface area contributed by atoms with Crippen molar-refractivity contribution < 1.29 is 9.90 Å². The van der Waals surface area contributed by atoms with Gasteiger partial charge in [0.2, 0.25) is 5.88 Å². The van der Waals surface area contributed by atoms with Gasteiger partial charge in [0.15, 0.2) is 5.69 Å². The molecule has 1 N–H and O–H groups in total. The molecule has 0 bridgehead atoms. The topological polar surface area (TPSA) is 111 Å². The first kappa shape index (κ1) is 24.8. The smallest absolute Gasteiger partial charge is 0.271 e. The van der Waals surface area contributed by atoms with Gasteiger partial charge in [0.05, 0.1) is 5.69 Å². The van der Waals surface area contributed by atoms with Crippen molar-refractivity contribution in [3.05, 3.63) is 51.3 Å². The third kappa shape index (κ3) is 5.61. The molecule has 2 aromatic rings. The number of unbranched alkanes of at least 4 members (excludes halogenated alkanes) is 2. The second-order valence-corrected chi connectivity index (χ2v) is 7.58. The van der Waals surface area contributed by atoms with Crippen LogP contribution in [0.3, 0.4) is 0 Å². The molecular formula is C24H31N5O3. The first-order chi connectivity index (χ1) is 15.4. The van der Waals surface area contributed by atoms with Gasteiger partial charge in [-0.2, -0.15) is 10.4 Å². The highest BCUT2D eigenvalue weighted by Crippen LogP contribution is 2.32. The van der Waals surface area contributed by atoms with Gasteiger partial charge in [0.1, 0.15) is 11.6 Å². The molecule has 32 heavy (non-hydrogen) atoms. The SMILES string of the molecule is CCCCN(CCCC)C(=O)c1ccc(/N=N/c2c(C)c(C#N)c(=O)n(CC)c2O)cc1. The van der Waals surface area contributed by atoms with E-state index < -0.39 is 5.56 Å². The summed E-state index contributed by atoms with van der Waals surface area (Å²) >= 11 is 0. The summed E-state index contributed by atoms with van der Waals surface area (Å²) < 4.78 is 1.09. The summed E-state index contributed by atoms with van der Waals surface area (Å²) in [5.74, 6) is -0.329. The lowest BCUT2D eigenvalue weighted by Gasteiger charge is -2.22. The van der Waals surface area contributed by atoms with E-state index in [0.29, 0.717) is 11.3 Å². The molecule has 0 radical (unpaired) electrons. The zero-order valence-corrected chi connectivity index (χ0v) is 19.3. The third-order valence-electron chi connectivity index (χ3n) is 5.31. The summed E-state index contributed by atoms with van der Waals surface area (Å²) in [5, 5.41) is 28.0. The van der Waals surface area contributed by atoms with Gasteiger partial charge in [-0.1, -0.05) is 26.7 Å². The predicted molar refractivity (Wildman–Crippen MR) is 124 cm³/mol. The van der Waals surface area contributed by atoms with E-state index in [2.05, 4.69) is 24.1 Å². The van der Waals surface area contributed by atoms with E-state index in [1.54, 1.807) is 38.1 Å². The average molecular weight is 438 g/mol. The molecule has 170 valence electrons. The number of pyridine rings is 1. The molecule has 0 saturated carbocycles. The molecule has 0 unspecified atom stereocenters. The van der Waals surface area contributed by atoms with Crippen molar-refractivity contribution in [3.63, 3.8) is 0 Å². The Morgan fingerprint density at radius 2 is 1.69 bits per heavy atom. The zero-order chi connectivity index (χ0) is 23.7. The second kappa shape index (κ2) is 11.8. The Labute approximate surface area is 188 Å². The fraction of sp³-hybridized carbons (Fsp3) is 0.458. The van der Waals surface area contributed by atoms with Gasteiger partial charge in [0.25, 0.3) is 11.5 Å². The molecule has 2 rings (SSSR count).